The van der Waals surface area contributed by atoms with Crippen molar-refractivity contribution < 1.29 is 33.1 Å². The quantitative estimate of drug-likeness (QED) is 0.237. The Morgan fingerprint density at radius 2 is 1.59 bits per heavy atom. The van der Waals surface area contributed by atoms with Crippen molar-refractivity contribution in [2.45, 2.75) is 69.6 Å². The van der Waals surface area contributed by atoms with Crippen molar-refractivity contribution in [3.8, 4) is 11.8 Å². The molecule has 5 amide bonds. The van der Waals surface area contributed by atoms with Crippen molar-refractivity contribution in [3.63, 3.8) is 0 Å². The maximum absolute atomic E-state index is 14.7. The predicted molar refractivity (Wildman–Crippen MR) is 221 cm³/mol. The number of nitrogens with two attached hydrogens (primary N) is 1. The first-order valence-corrected chi connectivity index (χ1v) is 21.1. The number of imide groups is 2. The Bertz CT molecular complexity index is 2470. The maximum atomic E-state index is 14.7. The number of benzene rings is 2. The van der Waals surface area contributed by atoms with E-state index >= 15 is 0 Å². The van der Waals surface area contributed by atoms with Gasteiger partial charge in [-0.25, -0.2) is 9.37 Å². The molecule has 2 aromatic heterocycles. The monoisotopic (exact) mass is 827 g/mol. The van der Waals surface area contributed by atoms with Crippen LogP contribution in [0.4, 0.5) is 15.9 Å². The van der Waals surface area contributed by atoms with Crippen LogP contribution in [-0.4, -0.2) is 118 Å². The van der Waals surface area contributed by atoms with Crippen molar-refractivity contribution in [1.29, 1.82) is 5.26 Å². The normalized spacial score (nSPS) is 22.8. The van der Waals surface area contributed by atoms with Crippen LogP contribution in [0.5, 0.6) is 5.75 Å². The van der Waals surface area contributed by atoms with Crippen LogP contribution < -0.4 is 20.3 Å². The molecule has 4 aromatic rings. The Balaban J connectivity index is 0.783. The SMILES string of the molecule is N#Cc1ccc(OC2CCC(N3C(=O)CCC(N4C(=O)c5ccc(N6CCN(CC7CCN(c8ncc(C(N)=O)cc8F)CC7)CC6)cc5C4=O)C3=O)CC2)c2cccnc12. The lowest BCUT2D eigenvalue weighted by atomic mass is 9.89. The number of rotatable bonds is 9. The first-order chi connectivity index (χ1) is 29.6. The maximum Gasteiger partial charge on any atom is 0.262 e. The van der Waals surface area contributed by atoms with Gasteiger partial charge < -0.3 is 20.3 Å². The molecule has 2 N–H and O–H groups in total. The summed E-state index contributed by atoms with van der Waals surface area (Å²) in [5.41, 5.74) is 7.71. The average Bonchev–Trinajstić information content (AvgIpc) is 3.52. The van der Waals surface area contributed by atoms with E-state index in [1.165, 1.54) is 11.1 Å². The number of aromatic nitrogens is 2. The van der Waals surface area contributed by atoms with Gasteiger partial charge in [-0.2, -0.15) is 5.26 Å². The lowest BCUT2D eigenvalue weighted by Gasteiger charge is -2.41. The highest BCUT2D eigenvalue weighted by molar-refractivity contribution is 6.23. The first kappa shape index (κ1) is 40.0. The number of piperazine rings is 1. The highest BCUT2D eigenvalue weighted by Gasteiger charge is 2.49. The standard InChI is InChI=1S/C45H46FN9O6/c46-36-22-29(41(48)57)25-50-42(36)53-16-13-27(14-17-53)26-51-18-20-52(21-19-51)31-6-9-33-35(23-31)44(59)55(43(33)58)37-10-12-39(56)54(45(37)60)30-4-7-32(8-5-30)61-38-11-3-28(24-47)40-34(38)2-1-15-49-40/h1-3,6,9,11,15,22-23,25,27,30,32,37H,4-5,7-8,10,12-14,16-21,26H2,(H2,48,57). The zero-order valence-corrected chi connectivity index (χ0v) is 33.7. The minimum Gasteiger partial charge on any atom is -0.490 e. The van der Waals surface area contributed by atoms with Crippen molar-refractivity contribution >= 4 is 51.9 Å². The summed E-state index contributed by atoms with van der Waals surface area (Å²) in [6, 6.07) is 14.3. The lowest BCUT2D eigenvalue weighted by molar-refractivity contribution is -0.155. The summed E-state index contributed by atoms with van der Waals surface area (Å²) in [5, 5.41) is 10.3. The third-order valence-corrected chi connectivity index (χ3v) is 13.1. The molecule has 2 aromatic carbocycles. The second-order valence-electron chi connectivity index (χ2n) is 16.6. The van der Waals surface area contributed by atoms with Gasteiger partial charge >= 0.3 is 0 Å². The van der Waals surface area contributed by atoms with Crippen LogP contribution in [0.3, 0.4) is 0 Å². The number of ether oxygens (including phenoxy) is 1. The zero-order chi connectivity index (χ0) is 42.4. The van der Waals surface area contributed by atoms with Gasteiger partial charge in [-0.1, -0.05) is 0 Å². The van der Waals surface area contributed by atoms with Crippen molar-refractivity contribution in [1.82, 2.24) is 24.7 Å². The van der Waals surface area contributed by atoms with Gasteiger partial charge in [0.15, 0.2) is 11.6 Å². The fraction of sp³-hybridized carbons (Fsp3) is 0.422. The summed E-state index contributed by atoms with van der Waals surface area (Å²) in [5.74, 6) is -1.78. The van der Waals surface area contributed by atoms with Crippen LogP contribution in [0.2, 0.25) is 0 Å². The summed E-state index contributed by atoms with van der Waals surface area (Å²) in [7, 11) is 0. The predicted octanol–water partition coefficient (Wildman–Crippen LogP) is 4.28. The molecule has 1 unspecified atom stereocenters. The molecule has 61 heavy (non-hydrogen) atoms. The number of likely N-dealkylation sites (tertiary alicyclic amines) is 1. The molecule has 4 fully saturated rings. The van der Waals surface area contributed by atoms with Crippen molar-refractivity contribution in [2.75, 3.05) is 55.6 Å². The largest absolute Gasteiger partial charge is 0.490 e. The van der Waals surface area contributed by atoms with E-state index in [2.05, 4.69) is 25.8 Å². The van der Waals surface area contributed by atoms with E-state index < -0.39 is 35.5 Å². The fourth-order valence-electron chi connectivity index (χ4n) is 9.76. The number of nitrogens with zero attached hydrogens (tertiary/aromatic N) is 8. The van der Waals surface area contributed by atoms with Crippen LogP contribution >= 0.6 is 0 Å². The van der Waals surface area contributed by atoms with E-state index in [-0.39, 0.29) is 53.4 Å². The first-order valence-electron chi connectivity index (χ1n) is 21.1. The number of amides is 5. The van der Waals surface area contributed by atoms with Gasteiger partial charge in [0.25, 0.3) is 17.7 Å². The number of primary amides is 1. The molecule has 0 radical (unpaired) electrons. The Morgan fingerprint density at radius 1 is 0.836 bits per heavy atom. The fourth-order valence-corrected chi connectivity index (χ4v) is 9.76. The molecule has 16 heteroatoms. The van der Waals surface area contributed by atoms with E-state index in [9.17, 15) is 33.6 Å². The molecule has 314 valence electrons. The molecule has 5 aliphatic rings. The van der Waals surface area contributed by atoms with Gasteiger partial charge in [0.1, 0.15) is 17.9 Å². The molecule has 15 nitrogen and oxygen atoms in total. The number of hydrogen-bond donors (Lipinski definition) is 1. The molecule has 0 bridgehead atoms. The highest BCUT2D eigenvalue weighted by Crippen LogP contribution is 2.36. The summed E-state index contributed by atoms with van der Waals surface area (Å²) < 4.78 is 21.0. The number of piperidine rings is 2. The third kappa shape index (κ3) is 7.63. The topological polar surface area (TPSA) is 186 Å². The summed E-state index contributed by atoms with van der Waals surface area (Å²) in [6.07, 6.45) is 6.94. The van der Waals surface area contributed by atoms with Crippen molar-refractivity contribution in [3.05, 3.63) is 89.0 Å². The summed E-state index contributed by atoms with van der Waals surface area (Å²) in [6.45, 7) is 5.36. The number of hydrogen-bond acceptors (Lipinski definition) is 12. The number of pyridine rings is 2. The molecule has 1 atom stereocenters. The van der Waals surface area contributed by atoms with Gasteiger partial charge in [0.05, 0.1) is 33.9 Å². The van der Waals surface area contributed by atoms with Gasteiger partial charge in [-0.3, -0.25) is 43.7 Å². The number of carbonyl (C=O) groups excluding carboxylic acids is 5. The summed E-state index contributed by atoms with van der Waals surface area (Å²) >= 11 is 0. The van der Waals surface area contributed by atoms with Crippen LogP contribution in [-0.2, 0) is 9.59 Å². The summed E-state index contributed by atoms with van der Waals surface area (Å²) in [4.78, 5) is 84.0. The third-order valence-electron chi connectivity index (χ3n) is 13.1. The zero-order valence-electron chi connectivity index (χ0n) is 33.7. The lowest BCUT2D eigenvalue weighted by Crippen LogP contribution is -2.59. The van der Waals surface area contributed by atoms with E-state index in [4.69, 9.17) is 10.5 Å². The Labute approximate surface area is 351 Å². The molecule has 1 aliphatic carbocycles. The van der Waals surface area contributed by atoms with E-state index in [1.54, 1.807) is 36.5 Å². The van der Waals surface area contributed by atoms with Crippen LogP contribution in [0.25, 0.3) is 10.9 Å². The minimum absolute atomic E-state index is 0.0474. The minimum atomic E-state index is -1.06. The second kappa shape index (κ2) is 16.5. The van der Waals surface area contributed by atoms with Crippen LogP contribution in [0.1, 0.15) is 88.0 Å². The molecular formula is C45H46FN9O6. The second-order valence-corrected chi connectivity index (χ2v) is 16.6. The Morgan fingerprint density at radius 3 is 2.31 bits per heavy atom. The van der Waals surface area contributed by atoms with Gasteiger partial charge in [0.2, 0.25) is 11.8 Å². The smallest absolute Gasteiger partial charge is 0.262 e. The molecule has 1 saturated carbocycles. The number of anilines is 2. The number of fused-ring (bicyclic) bond motifs is 2. The Kier molecular flexibility index (Phi) is 10.8. The molecule has 4 aliphatic heterocycles. The molecule has 0 spiro atoms. The van der Waals surface area contributed by atoms with Gasteiger partial charge in [-0.15, -0.1) is 0 Å². The molecular weight excluding hydrogens is 782 g/mol. The molecule has 3 saturated heterocycles. The van der Waals surface area contributed by atoms with E-state index in [0.29, 0.717) is 61.5 Å². The van der Waals surface area contributed by atoms with Gasteiger partial charge in [-0.05, 0) is 99.4 Å². The number of nitriles is 1. The highest BCUT2D eigenvalue weighted by atomic mass is 19.1. The van der Waals surface area contributed by atoms with E-state index in [0.717, 1.165) is 67.6 Å². The van der Waals surface area contributed by atoms with E-state index in [1.807, 2.05) is 17.0 Å². The molecule has 6 heterocycles. The Hall–Kier alpha value is -6.47. The van der Waals surface area contributed by atoms with Crippen LogP contribution in [0, 0.1) is 23.1 Å². The number of halogens is 1. The molecule has 9 rings (SSSR count). The average molecular weight is 828 g/mol. The van der Waals surface area contributed by atoms with Crippen LogP contribution in [0.15, 0.2) is 60.9 Å². The van der Waals surface area contributed by atoms with Crippen molar-refractivity contribution in [2.24, 2.45) is 11.7 Å². The van der Waals surface area contributed by atoms with Gasteiger partial charge in [0, 0.05) is 81.7 Å². The number of carbonyl (C=O) groups is 5.